The van der Waals surface area contributed by atoms with Gasteiger partial charge in [0.25, 0.3) is 0 Å². The smallest absolute Gasteiger partial charge is 0.167 e. The Kier molecular flexibility index (Phi) is 7.56. The number of rotatable bonds is 8. The van der Waals surface area contributed by atoms with Crippen LogP contribution in [0.1, 0.15) is 29.5 Å². The second-order valence-corrected chi connectivity index (χ2v) is 7.95. The molecule has 0 saturated carbocycles. The van der Waals surface area contributed by atoms with E-state index < -0.39 is 0 Å². The van der Waals surface area contributed by atoms with E-state index in [1.807, 2.05) is 18.2 Å². The van der Waals surface area contributed by atoms with Gasteiger partial charge in [-0.2, -0.15) is 0 Å². The molecule has 2 aromatic carbocycles. The summed E-state index contributed by atoms with van der Waals surface area (Å²) < 4.78 is 12.9. The predicted octanol–water partition coefficient (Wildman–Crippen LogP) is 4.43. The maximum atomic E-state index is 6.24. The van der Waals surface area contributed by atoms with Crippen LogP contribution in [0.25, 0.3) is 0 Å². The summed E-state index contributed by atoms with van der Waals surface area (Å²) in [7, 11) is 1.69. The molecule has 1 fully saturated rings. The number of hydrogen-bond acceptors (Lipinski definition) is 4. The van der Waals surface area contributed by atoms with Crippen LogP contribution in [0, 0.1) is 12.8 Å². The van der Waals surface area contributed by atoms with E-state index in [2.05, 4.69) is 51.7 Å². The van der Waals surface area contributed by atoms with Crippen LogP contribution in [0.4, 0.5) is 0 Å². The molecule has 1 aliphatic heterocycles. The Balaban J connectivity index is 1.70. The van der Waals surface area contributed by atoms with Gasteiger partial charge in [0.05, 0.1) is 7.11 Å². The van der Waals surface area contributed by atoms with Crippen molar-refractivity contribution in [3.8, 4) is 11.5 Å². The molecule has 0 bridgehead atoms. The van der Waals surface area contributed by atoms with Crippen LogP contribution < -0.4 is 20.1 Å². The summed E-state index contributed by atoms with van der Waals surface area (Å²) in [5, 5.41) is 7.04. The van der Waals surface area contributed by atoms with Gasteiger partial charge in [-0.05, 0) is 68.6 Å². The monoisotopic (exact) mass is 432 g/mol. The van der Waals surface area contributed by atoms with Crippen LogP contribution >= 0.6 is 15.9 Å². The van der Waals surface area contributed by atoms with Crippen molar-refractivity contribution in [3.05, 3.63) is 57.6 Å². The Morgan fingerprint density at radius 1 is 1.15 bits per heavy atom. The number of piperidine rings is 1. The van der Waals surface area contributed by atoms with E-state index >= 15 is 0 Å². The van der Waals surface area contributed by atoms with Crippen molar-refractivity contribution in [2.75, 3.05) is 26.7 Å². The molecule has 1 aliphatic rings. The van der Waals surface area contributed by atoms with Gasteiger partial charge in [-0.25, -0.2) is 0 Å². The van der Waals surface area contributed by atoms with Gasteiger partial charge in [-0.3, -0.25) is 0 Å². The van der Waals surface area contributed by atoms with E-state index in [4.69, 9.17) is 9.47 Å². The summed E-state index contributed by atoms with van der Waals surface area (Å²) in [5.41, 5.74) is 3.53. The van der Waals surface area contributed by atoms with Crippen LogP contribution in [-0.2, 0) is 13.2 Å². The molecule has 1 heterocycles. The Hall–Kier alpha value is -1.56. The highest BCUT2D eigenvalue weighted by Crippen LogP contribution is 2.37. The van der Waals surface area contributed by atoms with Crippen LogP contribution in [0.15, 0.2) is 40.9 Å². The highest BCUT2D eigenvalue weighted by molar-refractivity contribution is 9.10. The second-order valence-electron chi connectivity index (χ2n) is 7.10. The minimum absolute atomic E-state index is 0.529. The zero-order valence-electron chi connectivity index (χ0n) is 16.2. The average Bonchev–Trinajstić information content (AvgIpc) is 2.70. The fourth-order valence-electron chi connectivity index (χ4n) is 3.48. The number of halogens is 1. The summed E-state index contributed by atoms with van der Waals surface area (Å²) in [4.78, 5) is 0. The maximum Gasteiger partial charge on any atom is 0.167 e. The van der Waals surface area contributed by atoms with Crippen molar-refractivity contribution >= 4 is 15.9 Å². The standard InChI is InChI=1S/C22H29BrN2O2/c1-16-5-3-4-6-18(16)15-27-22-19(20(23)7-8-21(22)26-2)14-25-13-17-9-11-24-12-10-17/h3-8,17,24-25H,9-15H2,1-2H3. The largest absolute Gasteiger partial charge is 0.493 e. The summed E-state index contributed by atoms with van der Waals surface area (Å²) in [5.74, 6) is 2.32. The molecule has 0 amide bonds. The van der Waals surface area contributed by atoms with Crippen molar-refractivity contribution < 1.29 is 9.47 Å². The van der Waals surface area contributed by atoms with Gasteiger partial charge in [0.2, 0.25) is 0 Å². The molecule has 146 valence electrons. The molecule has 0 atom stereocenters. The summed E-state index contributed by atoms with van der Waals surface area (Å²) in [6, 6.07) is 12.3. The molecule has 0 aromatic heterocycles. The van der Waals surface area contributed by atoms with Crippen molar-refractivity contribution in [2.45, 2.75) is 32.9 Å². The van der Waals surface area contributed by atoms with E-state index in [1.165, 1.54) is 24.0 Å². The van der Waals surface area contributed by atoms with Crippen LogP contribution in [0.2, 0.25) is 0 Å². The number of aryl methyl sites for hydroxylation is 1. The molecule has 0 aliphatic carbocycles. The van der Waals surface area contributed by atoms with E-state index in [9.17, 15) is 0 Å². The first-order chi connectivity index (χ1) is 13.2. The Labute approximate surface area is 170 Å². The number of nitrogens with one attached hydrogen (secondary N) is 2. The zero-order valence-corrected chi connectivity index (χ0v) is 17.8. The maximum absolute atomic E-state index is 6.24. The van der Waals surface area contributed by atoms with E-state index in [1.54, 1.807) is 7.11 Å². The molecular weight excluding hydrogens is 404 g/mol. The molecule has 3 rings (SSSR count). The molecule has 5 heteroatoms. The lowest BCUT2D eigenvalue weighted by molar-refractivity contribution is 0.279. The lowest BCUT2D eigenvalue weighted by Crippen LogP contribution is -2.33. The quantitative estimate of drug-likeness (QED) is 0.646. The average molecular weight is 433 g/mol. The van der Waals surface area contributed by atoms with E-state index in [0.29, 0.717) is 6.61 Å². The predicted molar refractivity (Wildman–Crippen MR) is 114 cm³/mol. The molecule has 27 heavy (non-hydrogen) atoms. The first kappa shape index (κ1) is 20.2. The molecule has 1 saturated heterocycles. The van der Waals surface area contributed by atoms with Crippen LogP contribution in [0.3, 0.4) is 0 Å². The molecule has 0 spiro atoms. The zero-order chi connectivity index (χ0) is 19.1. The van der Waals surface area contributed by atoms with Crippen LogP contribution in [-0.4, -0.2) is 26.7 Å². The van der Waals surface area contributed by atoms with Gasteiger partial charge >= 0.3 is 0 Å². The third kappa shape index (κ3) is 5.47. The summed E-state index contributed by atoms with van der Waals surface area (Å²) in [6.07, 6.45) is 2.48. The molecule has 2 N–H and O–H groups in total. The fraction of sp³-hybridized carbons (Fsp3) is 0.455. The summed E-state index contributed by atoms with van der Waals surface area (Å²) in [6.45, 7) is 6.67. The van der Waals surface area contributed by atoms with Gasteiger partial charge in [0.1, 0.15) is 6.61 Å². The van der Waals surface area contributed by atoms with Gasteiger partial charge in [-0.15, -0.1) is 0 Å². The normalized spacial score (nSPS) is 14.9. The minimum atomic E-state index is 0.529. The molecular formula is C22H29BrN2O2. The van der Waals surface area contributed by atoms with Crippen molar-refractivity contribution in [2.24, 2.45) is 5.92 Å². The molecule has 0 unspecified atom stereocenters. The lowest BCUT2D eigenvalue weighted by atomic mass is 9.98. The van der Waals surface area contributed by atoms with Gasteiger partial charge in [0, 0.05) is 16.6 Å². The second kappa shape index (κ2) is 10.1. The van der Waals surface area contributed by atoms with Crippen molar-refractivity contribution in [1.82, 2.24) is 10.6 Å². The first-order valence-corrected chi connectivity index (χ1v) is 10.4. The van der Waals surface area contributed by atoms with Crippen molar-refractivity contribution in [3.63, 3.8) is 0 Å². The summed E-state index contributed by atoms with van der Waals surface area (Å²) >= 11 is 3.69. The minimum Gasteiger partial charge on any atom is -0.493 e. The van der Waals surface area contributed by atoms with Crippen molar-refractivity contribution in [1.29, 1.82) is 0 Å². The van der Waals surface area contributed by atoms with Gasteiger partial charge < -0.3 is 20.1 Å². The Bertz CT molecular complexity index is 745. The number of methoxy groups -OCH3 is 1. The highest BCUT2D eigenvalue weighted by atomic mass is 79.9. The highest BCUT2D eigenvalue weighted by Gasteiger charge is 2.17. The molecule has 2 aromatic rings. The van der Waals surface area contributed by atoms with Crippen LogP contribution in [0.5, 0.6) is 11.5 Å². The SMILES string of the molecule is COc1ccc(Br)c(CNCC2CCNCC2)c1OCc1ccccc1C. The van der Waals surface area contributed by atoms with E-state index in [0.717, 1.165) is 53.6 Å². The molecule has 0 radical (unpaired) electrons. The third-order valence-electron chi connectivity index (χ3n) is 5.21. The number of hydrogen-bond donors (Lipinski definition) is 2. The fourth-order valence-corrected chi connectivity index (χ4v) is 3.93. The lowest BCUT2D eigenvalue weighted by Gasteiger charge is -2.23. The number of ether oxygens (including phenoxy) is 2. The topological polar surface area (TPSA) is 42.5 Å². The van der Waals surface area contributed by atoms with E-state index in [-0.39, 0.29) is 0 Å². The third-order valence-corrected chi connectivity index (χ3v) is 5.96. The molecule has 4 nitrogen and oxygen atoms in total. The van der Waals surface area contributed by atoms with Gasteiger partial charge in [0.15, 0.2) is 11.5 Å². The first-order valence-electron chi connectivity index (χ1n) is 9.63. The Morgan fingerprint density at radius 2 is 1.93 bits per heavy atom. The Morgan fingerprint density at radius 3 is 2.67 bits per heavy atom. The van der Waals surface area contributed by atoms with Gasteiger partial charge in [-0.1, -0.05) is 40.2 Å². The number of benzene rings is 2.